The standard InChI is InChI=1S/C16H15ClO4.C12H11ClO.C4H5ClO3.CH2Cl2.Al.3ClH/c1-2-20-16(19)15(18)13-7-8-14(21-10-9-17)12-6-4-3-5-11(12)13;13-8-9-14-12-7-3-5-10-4-1-2-6-11(10)12;1-2-8-4(7)3(5)6;2-1-3;;;;/h3-8H,2,9-10H2,1H3;1-7H,8-9H2;2H2,1H3;1H2;;3*1H/q;;;;+3;;;/p-3. The Bertz CT molecular complexity index is 1600. The van der Waals surface area contributed by atoms with Crippen LogP contribution in [0, 0.1) is 0 Å². The molecular formula is C33H33AlCl8O8. The zero-order valence-electron chi connectivity index (χ0n) is 26.8. The van der Waals surface area contributed by atoms with E-state index < -0.39 is 34.3 Å². The number of rotatable bonds is 11. The largest absolute Gasteiger partial charge is 0.643 e. The highest BCUT2D eigenvalue weighted by Crippen LogP contribution is 2.29. The second-order valence-electron chi connectivity index (χ2n) is 8.60. The Balaban J connectivity index is 0.000000710. The third-order valence-electron chi connectivity index (χ3n) is 5.44. The van der Waals surface area contributed by atoms with Crippen molar-refractivity contribution < 1.29 is 38.1 Å². The molecule has 0 saturated carbocycles. The Morgan fingerprint density at radius 2 is 1.04 bits per heavy atom. The van der Waals surface area contributed by atoms with Gasteiger partial charge in [-0.1, -0.05) is 60.7 Å². The van der Waals surface area contributed by atoms with Gasteiger partial charge in [0.05, 0.1) is 30.3 Å². The molecule has 0 unspecified atom stereocenters. The molecule has 0 spiro atoms. The first-order chi connectivity index (χ1) is 23.9. The lowest BCUT2D eigenvalue weighted by Crippen LogP contribution is -2.17. The van der Waals surface area contributed by atoms with Crippen molar-refractivity contribution in [2.24, 2.45) is 0 Å². The second kappa shape index (κ2) is 29.7. The first-order valence-electron chi connectivity index (χ1n) is 14.4. The molecule has 4 aromatic rings. The highest BCUT2D eigenvalue weighted by Gasteiger charge is 2.21. The van der Waals surface area contributed by atoms with E-state index in [4.69, 9.17) is 102 Å². The highest BCUT2D eigenvalue weighted by atomic mass is 35.8. The lowest BCUT2D eigenvalue weighted by atomic mass is 10.0. The van der Waals surface area contributed by atoms with Gasteiger partial charge in [-0.05, 0) is 54.4 Å². The maximum absolute atomic E-state index is 12.1. The summed E-state index contributed by atoms with van der Waals surface area (Å²) in [5.74, 6) is -0.0697. The van der Waals surface area contributed by atoms with E-state index in [1.165, 1.54) is 5.39 Å². The van der Waals surface area contributed by atoms with Crippen LogP contribution < -0.4 is 9.47 Å². The molecular weight excluding hydrogens is 835 g/mol. The van der Waals surface area contributed by atoms with Gasteiger partial charge >= 0.3 is 28.6 Å². The molecule has 0 fully saturated rings. The molecule has 0 bridgehead atoms. The molecule has 0 aromatic heterocycles. The van der Waals surface area contributed by atoms with E-state index in [-0.39, 0.29) is 18.6 Å². The van der Waals surface area contributed by atoms with Crippen molar-refractivity contribution in [3.8, 4) is 11.5 Å². The first kappa shape index (κ1) is 48.1. The van der Waals surface area contributed by atoms with Gasteiger partial charge in [0.1, 0.15) is 24.7 Å². The van der Waals surface area contributed by atoms with E-state index in [9.17, 15) is 19.2 Å². The molecule has 272 valence electrons. The molecule has 0 aliphatic carbocycles. The molecule has 0 saturated heterocycles. The molecule has 0 atom stereocenters. The fourth-order valence-electron chi connectivity index (χ4n) is 3.71. The van der Waals surface area contributed by atoms with Gasteiger partial charge < -0.3 is 18.9 Å². The highest BCUT2D eigenvalue weighted by molar-refractivity contribution is 7.54. The number of carbonyl (C=O) groups excluding carboxylic acids is 4. The van der Waals surface area contributed by atoms with Crippen LogP contribution in [0.2, 0.25) is 0 Å². The molecule has 17 heteroatoms. The number of alkyl halides is 4. The first-order valence-corrected chi connectivity index (χ1v) is 22.2. The summed E-state index contributed by atoms with van der Waals surface area (Å²) in [7, 11) is 14.8. The van der Waals surface area contributed by atoms with E-state index in [2.05, 4.69) is 22.9 Å². The predicted molar refractivity (Wildman–Crippen MR) is 209 cm³/mol. The molecule has 50 heavy (non-hydrogen) atoms. The fourth-order valence-corrected chi connectivity index (χ4v) is 3.92. The summed E-state index contributed by atoms with van der Waals surface area (Å²) in [6.07, 6.45) is 0. The smallest absolute Gasteiger partial charge is 0.492 e. The van der Waals surface area contributed by atoms with Gasteiger partial charge in [-0.15, -0.1) is 46.4 Å². The van der Waals surface area contributed by atoms with E-state index in [1.54, 1.807) is 38.1 Å². The number of hydrogen-bond acceptors (Lipinski definition) is 8. The van der Waals surface area contributed by atoms with Gasteiger partial charge in [-0.3, -0.25) is 9.59 Å². The molecule has 4 aromatic carbocycles. The molecule has 0 heterocycles. The number of ketones is 1. The third kappa shape index (κ3) is 19.7. The number of benzene rings is 4. The summed E-state index contributed by atoms with van der Waals surface area (Å²) < 4.78 is 20.0. The van der Waals surface area contributed by atoms with E-state index in [1.807, 2.05) is 36.4 Å². The van der Waals surface area contributed by atoms with Gasteiger partial charge in [0, 0.05) is 16.3 Å². The van der Waals surface area contributed by atoms with Crippen LogP contribution in [0.25, 0.3) is 21.5 Å². The summed E-state index contributed by atoms with van der Waals surface area (Å²) in [5, 5.41) is 2.87. The third-order valence-corrected chi connectivity index (χ3v) is 5.91. The van der Waals surface area contributed by atoms with Crippen LogP contribution in [0.15, 0.2) is 78.9 Å². The van der Waals surface area contributed by atoms with Crippen molar-refractivity contribution in [2.45, 2.75) is 13.8 Å². The molecule has 0 radical (unpaired) electrons. The van der Waals surface area contributed by atoms with Crippen LogP contribution in [0.5, 0.6) is 11.5 Å². The molecule has 0 aliphatic rings. The van der Waals surface area contributed by atoms with Gasteiger partial charge in [0.2, 0.25) is 0 Å². The zero-order chi connectivity index (χ0) is 37.9. The predicted octanol–water partition coefficient (Wildman–Crippen LogP) is 10.1. The van der Waals surface area contributed by atoms with Crippen molar-refractivity contribution >= 4 is 144 Å². The van der Waals surface area contributed by atoms with E-state index in [0.29, 0.717) is 41.7 Å². The maximum atomic E-state index is 12.1. The number of fused-ring (bicyclic) bond motifs is 2. The van der Waals surface area contributed by atoms with Crippen LogP contribution >= 0.6 is 88.2 Å². The minimum Gasteiger partial charge on any atom is -0.492 e. The van der Waals surface area contributed by atoms with Gasteiger partial charge in [-0.25, -0.2) is 39.7 Å². The monoisotopic (exact) mass is 864 g/mol. The maximum Gasteiger partial charge on any atom is 0.643 e. The van der Waals surface area contributed by atoms with Crippen molar-refractivity contribution in [1.82, 2.24) is 0 Å². The van der Waals surface area contributed by atoms with E-state index >= 15 is 0 Å². The van der Waals surface area contributed by atoms with Crippen LogP contribution in [0.3, 0.4) is 0 Å². The number of carbonyl (C=O) groups is 4. The molecule has 4 rings (SSSR count). The van der Waals surface area contributed by atoms with Crippen molar-refractivity contribution in [2.75, 3.05) is 43.5 Å². The van der Waals surface area contributed by atoms with Crippen molar-refractivity contribution in [3.63, 3.8) is 0 Å². The Morgan fingerprint density at radius 3 is 1.52 bits per heavy atom. The van der Waals surface area contributed by atoms with Crippen LogP contribution in [-0.4, -0.2) is 77.9 Å². The quantitative estimate of drug-likeness (QED) is 0.0367. The number of hydrogen-bond donors (Lipinski definition) is 0. The summed E-state index contributed by atoms with van der Waals surface area (Å²) >= 11 is 23.7. The Morgan fingerprint density at radius 1 is 0.600 bits per heavy atom. The van der Waals surface area contributed by atoms with E-state index in [0.717, 1.165) is 16.5 Å². The van der Waals surface area contributed by atoms with Gasteiger partial charge in [0.15, 0.2) is 0 Å². The van der Waals surface area contributed by atoms with Crippen LogP contribution in [0.4, 0.5) is 0 Å². The summed E-state index contributed by atoms with van der Waals surface area (Å²) in [5.41, 5.74) is 0.308. The average molecular weight is 868 g/mol. The number of halogens is 8. The molecule has 0 N–H and O–H groups in total. The van der Waals surface area contributed by atoms with Crippen LogP contribution in [-0.2, 0) is 23.9 Å². The average Bonchev–Trinajstić information content (AvgIpc) is 3.10. The summed E-state index contributed by atoms with van der Waals surface area (Å²) in [6, 6.07) is 24.7. The Kier molecular flexibility index (Phi) is 28.6. The Hall–Kier alpha value is -1.87. The SMILES string of the molecule is CCOC(=O)C(=O)Cl.CCOC(=O)C(=O)c1ccc(OCCCl)c2ccccc12.ClCCOc1cccc2ccccc12.ClCCl.[Cl][Al]([Cl])[Cl]. The van der Waals surface area contributed by atoms with Gasteiger partial charge in [-0.2, -0.15) is 0 Å². The second-order valence-corrected chi connectivity index (χ2v) is 16.9. The summed E-state index contributed by atoms with van der Waals surface area (Å²) in [6.45, 7) is 4.52. The van der Waals surface area contributed by atoms with Crippen molar-refractivity contribution in [3.05, 3.63) is 84.4 Å². The summed E-state index contributed by atoms with van der Waals surface area (Å²) in [4.78, 5) is 43.6. The number of esters is 2. The van der Waals surface area contributed by atoms with Crippen molar-refractivity contribution in [1.29, 1.82) is 0 Å². The topological polar surface area (TPSA) is 105 Å². The minimum absolute atomic E-state index is 0.166. The number of ether oxygens (including phenoxy) is 4. The normalized spacial score (nSPS) is 9.48. The fraction of sp³-hybridized carbons (Fsp3) is 0.273. The molecule has 0 aliphatic heterocycles. The lowest BCUT2D eigenvalue weighted by molar-refractivity contribution is -0.149. The van der Waals surface area contributed by atoms with Gasteiger partial charge in [0.25, 0.3) is 5.78 Å². The number of Topliss-reactive ketones (excluding diaryl/α,β-unsaturated/α-hetero) is 1. The molecule has 0 amide bonds. The lowest BCUT2D eigenvalue weighted by Gasteiger charge is -2.11. The molecule has 8 nitrogen and oxygen atoms in total. The minimum atomic E-state index is -1.72. The Labute approximate surface area is 333 Å². The zero-order valence-corrected chi connectivity index (χ0v) is 34.0. The van der Waals surface area contributed by atoms with Crippen LogP contribution in [0.1, 0.15) is 24.2 Å².